The van der Waals surface area contributed by atoms with E-state index in [4.69, 9.17) is 37.0 Å². The third kappa shape index (κ3) is 59.8. The second-order valence-corrected chi connectivity index (χ2v) is 28.1. The summed E-state index contributed by atoms with van der Waals surface area (Å²) in [4.78, 5) is 72.4. The summed E-state index contributed by atoms with van der Waals surface area (Å²) in [6.45, 7) is 11.7. The van der Waals surface area contributed by atoms with Gasteiger partial charge in [0.1, 0.15) is 19.3 Å². The highest BCUT2D eigenvalue weighted by molar-refractivity contribution is 7.47. The van der Waals surface area contributed by atoms with Crippen LogP contribution in [0.15, 0.2) is 24.3 Å². The maximum absolute atomic E-state index is 13.0. The van der Waals surface area contributed by atoms with Gasteiger partial charge in [0.2, 0.25) is 0 Å². The molecule has 0 radical (unpaired) electrons. The number of rotatable bonds is 65. The number of carbonyl (C=O) groups is 4. The van der Waals surface area contributed by atoms with Crippen molar-refractivity contribution in [3.8, 4) is 0 Å². The minimum atomic E-state index is -4.96. The maximum atomic E-state index is 13.0. The average molecular weight is 1290 g/mol. The van der Waals surface area contributed by atoms with Gasteiger partial charge < -0.3 is 33.8 Å². The van der Waals surface area contributed by atoms with Crippen molar-refractivity contribution in [2.45, 2.75) is 336 Å². The van der Waals surface area contributed by atoms with Gasteiger partial charge >= 0.3 is 39.5 Å². The van der Waals surface area contributed by atoms with E-state index in [1.807, 2.05) is 0 Å². The first kappa shape index (κ1) is 85.5. The van der Waals surface area contributed by atoms with E-state index in [9.17, 15) is 43.2 Å². The van der Waals surface area contributed by atoms with Crippen molar-refractivity contribution < 1.29 is 80.2 Å². The third-order valence-corrected chi connectivity index (χ3v) is 17.9. The summed E-state index contributed by atoms with van der Waals surface area (Å²) >= 11 is 0. The van der Waals surface area contributed by atoms with Crippen LogP contribution in [-0.4, -0.2) is 96.7 Å². The number of phosphoric ester groups is 2. The minimum Gasteiger partial charge on any atom is -0.462 e. The van der Waals surface area contributed by atoms with Crippen molar-refractivity contribution >= 4 is 39.5 Å². The monoisotopic (exact) mass is 1290 g/mol. The fourth-order valence-corrected chi connectivity index (χ4v) is 11.3. The number of unbranched alkanes of at least 4 members (excludes halogenated alkanes) is 28. The molecule has 88 heavy (non-hydrogen) atoms. The van der Waals surface area contributed by atoms with Gasteiger partial charge in [0.25, 0.3) is 0 Å². The number of aliphatic hydroxyl groups is 1. The summed E-state index contributed by atoms with van der Waals surface area (Å²) in [6, 6.07) is 0. The van der Waals surface area contributed by atoms with Gasteiger partial charge in [-0.25, -0.2) is 9.13 Å². The molecule has 3 N–H and O–H groups in total. The quantitative estimate of drug-likeness (QED) is 0.0169. The van der Waals surface area contributed by atoms with Crippen LogP contribution < -0.4 is 0 Å². The summed E-state index contributed by atoms with van der Waals surface area (Å²) in [5.74, 6) is 0.0333. The van der Waals surface area contributed by atoms with Gasteiger partial charge in [0, 0.05) is 25.7 Å². The van der Waals surface area contributed by atoms with Crippen LogP contribution in [0.2, 0.25) is 0 Å². The number of esters is 4. The van der Waals surface area contributed by atoms with E-state index >= 15 is 0 Å². The average Bonchev–Trinajstić information content (AvgIpc) is 3.63. The van der Waals surface area contributed by atoms with Gasteiger partial charge in [-0.3, -0.25) is 37.3 Å². The molecule has 0 heterocycles. The van der Waals surface area contributed by atoms with Crippen LogP contribution in [0.4, 0.5) is 0 Å². The van der Waals surface area contributed by atoms with Crippen LogP contribution in [0.3, 0.4) is 0 Å². The summed E-state index contributed by atoms with van der Waals surface area (Å²) in [6.07, 6.45) is 45.3. The van der Waals surface area contributed by atoms with Crippen molar-refractivity contribution in [1.82, 2.24) is 0 Å². The molecule has 19 heteroatoms. The van der Waals surface area contributed by atoms with Crippen LogP contribution in [-0.2, 0) is 65.4 Å². The number of aliphatic hydroxyl groups excluding tert-OH is 1. The van der Waals surface area contributed by atoms with Crippen molar-refractivity contribution in [2.24, 2.45) is 17.8 Å². The molecule has 17 nitrogen and oxygen atoms in total. The lowest BCUT2D eigenvalue weighted by atomic mass is 10.00. The number of ether oxygens (including phenoxy) is 4. The lowest BCUT2D eigenvalue weighted by Crippen LogP contribution is -2.30. The molecule has 0 amide bonds. The van der Waals surface area contributed by atoms with Gasteiger partial charge in [0.05, 0.1) is 26.4 Å². The number of allylic oxidation sites excluding steroid dienone is 4. The first-order chi connectivity index (χ1) is 42.3. The van der Waals surface area contributed by atoms with Crippen molar-refractivity contribution in [3.63, 3.8) is 0 Å². The number of hydrogen-bond acceptors (Lipinski definition) is 15. The first-order valence-corrected chi connectivity index (χ1v) is 38.2. The first-order valence-electron chi connectivity index (χ1n) is 35.2. The Bertz CT molecular complexity index is 1830. The van der Waals surface area contributed by atoms with Crippen LogP contribution in [0, 0.1) is 17.8 Å². The topological polar surface area (TPSA) is 237 Å². The Morgan fingerprint density at radius 3 is 1.01 bits per heavy atom. The smallest absolute Gasteiger partial charge is 0.462 e. The zero-order valence-electron chi connectivity index (χ0n) is 56.7. The molecule has 0 bridgehead atoms. The standard InChI is InChI=1S/C69H130O17P2/c1-8-11-12-13-14-15-16-17-18-19-20-24-27-36-43-50-66(71)79-56-65(86-69(74)53-46-39-32-30-35-42-49-62(7)10-3)59-84-88(77,78)82-55-63(70)54-81-87(75,76)83-58-64(57-80-67(72)51-44-37-31-29-34-41-48-61(6)9-2)85-68(73)52-45-38-28-25-22-21-23-26-33-40-47-60(4)5/h15-18,60-65,70H,8-14,19-59H2,1-7H3,(H,75,76)(H,77,78)/b16-15-,18-17-/t61?,62?,63-,64+,65+/m0/s1. The molecule has 0 aliphatic rings. The Labute approximate surface area is 535 Å². The van der Waals surface area contributed by atoms with Gasteiger partial charge in [-0.15, -0.1) is 0 Å². The summed E-state index contributed by atoms with van der Waals surface area (Å²) in [5.41, 5.74) is 0. The lowest BCUT2D eigenvalue weighted by Gasteiger charge is -2.21. The molecule has 0 aromatic heterocycles. The molecule has 0 saturated carbocycles. The number of phosphoric acid groups is 2. The molecular weight excluding hydrogens is 1160 g/mol. The highest BCUT2D eigenvalue weighted by Crippen LogP contribution is 2.45. The molecule has 0 spiro atoms. The van der Waals surface area contributed by atoms with E-state index in [1.165, 1.54) is 103 Å². The molecule has 0 aliphatic heterocycles. The van der Waals surface area contributed by atoms with E-state index < -0.39 is 97.5 Å². The zero-order valence-corrected chi connectivity index (χ0v) is 58.5. The Hall–Kier alpha value is -2.46. The SMILES string of the molecule is CCCCCC/C=C\C=C/CCCCCCCC(=O)OC[C@H](COP(=O)(O)OC[C@@H](O)COP(=O)(O)OC[C@@H](COC(=O)CCCCCCCCC(C)CC)OC(=O)CCCCCCCCCCCCC(C)C)OC(=O)CCCCCCCCC(C)CC. The Morgan fingerprint density at radius 2 is 0.670 bits per heavy atom. The highest BCUT2D eigenvalue weighted by Gasteiger charge is 2.30. The number of hydrogen-bond donors (Lipinski definition) is 3. The van der Waals surface area contributed by atoms with Crippen LogP contribution in [0.25, 0.3) is 0 Å². The molecule has 518 valence electrons. The third-order valence-electron chi connectivity index (χ3n) is 16.0. The van der Waals surface area contributed by atoms with Gasteiger partial charge in [0.15, 0.2) is 12.2 Å². The van der Waals surface area contributed by atoms with Crippen molar-refractivity contribution in [2.75, 3.05) is 39.6 Å². The van der Waals surface area contributed by atoms with Crippen LogP contribution >= 0.6 is 15.6 Å². The fourth-order valence-electron chi connectivity index (χ4n) is 9.76. The second kappa shape index (κ2) is 59.5. The maximum Gasteiger partial charge on any atom is 0.472 e. The molecule has 0 fully saturated rings. The Balaban J connectivity index is 5.28. The van der Waals surface area contributed by atoms with Crippen molar-refractivity contribution in [3.05, 3.63) is 24.3 Å². The second-order valence-electron chi connectivity index (χ2n) is 25.2. The van der Waals surface area contributed by atoms with Gasteiger partial charge in [-0.05, 0) is 69.1 Å². The largest absolute Gasteiger partial charge is 0.472 e. The van der Waals surface area contributed by atoms with Gasteiger partial charge in [-0.1, -0.05) is 265 Å². The van der Waals surface area contributed by atoms with E-state index in [2.05, 4.69) is 72.8 Å². The van der Waals surface area contributed by atoms with Crippen LogP contribution in [0.1, 0.15) is 318 Å². The molecule has 4 unspecified atom stereocenters. The summed E-state index contributed by atoms with van der Waals surface area (Å²) in [7, 11) is -9.91. The minimum absolute atomic E-state index is 0.0956. The van der Waals surface area contributed by atoms with E-state index in [0.29, 0.717) is 31.6 Å². The molecule has 7 atom stereocenters. The van der Waals surface area contributed by atoms with Gasteiger partial charge in [-0.2, -0.15) is 0 Å². The zero-order chi connectivity index (χ0) is 65.2. The Kier molecular flexibility index (Phi) is 57.9. The lowest BCUT2D eigenvalue weighted by molar-refractivity contribution is -0.161. The molecule has 0 aromatic rings. The molecule has 0 aromatic carbocycles. The molecule has 0 saturated heterocycles. The summed E-state index contributed by atoms with van der Waals surface area (Å²) < 4.78 is 68.2. The molecular formula is C69H130O17P2. The number of carbonyl (C=O) groups excluding carboxylic acids is 4. The normalized spacial score (nSPS) is 15.0. The van der Waals surface area contributed by atoms with Crippen LogP contribution in [0.5, 0.6) is 0 Å². The Morgan fingerprint density at radius 1 is 0.375 bits per heavy atom. The van der Waals surface area contributed by atoms with E-state index in [0.717, 1.165) is 127 Å². The molecule has 0 rings (SSSR count). The van der Waals surface area contributed by atoms with E-state index in [-0.39, 0.29) is 25.7 Å². The van der Waals surface area contributed by atoms with E-state index in [1.54, 1.807) is 0 Å². The molecule has 0 aliphatic carbocycles. The predicted molar refractivity (Wildman–Crippen MR) is 354 cm³/mol. The summed E-state index contributed by atoms with van der Waals surface area (Å²) in [5, 5.41) is 10.6. The van der Waals surface area contributed by atoms with Crippen molar-refractivity contribution in [1.29, 1.82) is 0 Å². The predicted octanol–water partition coefficient (Wildman–Crippen LogP) is 19.0. The highest BCUT2D eigenvalue weighted by atomic mass is 31.2. The fraction of sp³-hybridized carbons (Fsp3) is 0.884.